The van der Waals surface area contributed by atoms with Gasteiger partial charge >= 0.3 is 12.1 Å². The molecule has 2 aromatic carbocycles. The van der Waals surface area contributed by atoms with Gasteiger partial charge in [0.15, 0.2) is 6.29 Å². The summed E-state index contributed by atoms with van der Waals surface area (Å²) in [7, 11) is -2.89. The molecule has 50 heavy (non-hydrogen) atoms. The zero-order valence-corrected chi connectivity index (χ0v) is 29.7. The fourth-order valence-electron chi connectivity index (χ4n) is 6.22. The van der Waals surface area contributed by atoms with Crippen LogP contribution in [0.25, 0.3) is 0 Å². The Morgan fingerprint density at radius 1 is 1.08 bits per heavy atom. The number of nitrogens with two attached hydrogens (primary N) is 1. The third-order valence-electron chi connectivity index (χ3n) is 8.89. The van der Waals surface area contributed by atoms with Gasteiger partial charge in [0.1, 0.15) is 17.5 Å². The maximum atomic E-state index is 14.1. The molecule has 2 fully saturated rings. The van der Waals surface area contributed by atoms with Crippen molar-refractivity contribution in [1.29, 1.82) is 0 Å². The average Bonchev–Trinajstić information content (AvgIpc) is 3.67. The van der Waals surface area contributed by atoms with E-state index < -0.39 is 52.2 Å². The third kappa shape index (κ3) is 10.5. The number of carbonyl (C=O) groups excluding carboxylic acids is 3. The lowest BCUT2D eigenvalue weighted by Gasteiger charge is -2.38. The number of aliphatic hydroxyl groups is 1. The highest BCUT2D eigenvalue weighted by molar-refractivity contribution is 7.89. The second kappa shape index (κ2) is 16.8. The van der Waals surface area contributed by atoms with E-state index in [0.29, 0.717) is 55.7 Å². The van der Waals surface area contributed by atoms with Crippen molar-refractivity contribution in [1.82, 2.24) is 20.7 Å². The van der Waals surface area contributed by atoms with Gasteiger partial charge in [-0.05, 0) is 67.3 Å². The average molecular weight is 720 g/mol. The molecule has 0 saturated carbocycles. The van der Waals surface area contributed by atoms with E-state index in [2.05, 4.69) is 20.7 Å². The van der Waals surface area contributed by atoms with Crippen LogP contribution >= 0.6 is 0 Å². The quantitative estimate of drug-likeness (QED) is 0.103. The fourth-order valence-corrected chi connectivity index (χ4v) is 7.66. The first-order valence-electron chi connectivity index (χ1n) is 16.6. The molecule has 2 aliphatic heterocycles. The second-order valence-corrected chi connectivity index (χ2v) is 15.2. The first-order valence-corrected chi connectivity index (χ1v) is 18.1. The summed E-state index contributed by atoms with van der Waals surface area (Å²) in [5.41, 5.74) is 4.08. The van der Waals surface area contributed by atoms with E-state index >= 15 is 0 Å². The Bertz CT molecular complexity index is 1590. The standard InChI is InChI=1S/C34H49N5O10S/c1-22(40)34(18-23-9-6-5-7-10-23,38-32(43)49-28-21-48-30-26(28)13-16-47-30)39-50(44,45)25-11-12-27(46-4)24(17-25)19-33(2,3)14-8-15-36-31(42)37-20-29(35)41/h5-7,9-12,17,22,26,28,30,39-40H,8,13-16,18-21H2,1-4H3,(H2,35,41)(H,38,43)(H2,36,37,42)/t22-,26+,28+,30-,34+/m1/s1. The molecule has 2 aromatic rings. The van der Waals surface area contributed by atoms with Gasteiger partial charge in [0.2, 0.25) is 15.9 Å². The van der Waals surface area contributed by atoms with E-state index in [9.17, 15) is 27.9 Å². The highest BCUT2D eigenvalue weighted by atomic mass is 32.2. The van der Waals surface area contributed by atoms with Gasteiger partial charge in [0.25, 0.3) is 0 Å². The maximum Gasteiger partial charge on any atom is 0.409 e. The smallest absolute Gasteiger partial charge is 0.409 e. The number of hydrogen-bond acceptors (Lipinski definition) is 10. The van der Waals surface area contributed by atoms with E-state index in [-0.39, 0.29) is 35.8 Å². The Morgan fingerprint density at radius 3 is 2.50 bits per heavy atom. The summed E-state index contributed by atoms with van der Waals surface area (Å²) in [5, 5.41) is 18.9. The van der Waals surface area contributed by atoms with Gasteiger partial charge in [0.05, 0.1) is 43.8 Å². The SMILES string of the molecule is COc1ccc(S(=O)(=O)N[C@](Cc2ccccc2)(NC(=O)O[C@H]2CO[C@H]3OCC[C@H]32)[C@@H](C)O)cc1CC(C)(C)CCCNC(=O)NCC(N)=O. The molecule has 16 heteroatoms. The number of urea groups is 1. The van der Waals surface area contributed by atoms with Crippen molar-refractivity contribution in [3.05, 3.63) is 59.7 Å². The summed E-state index contributed by atoms with van der Waals surface area (Å²) < 4.78 is 53.3. The first-order chi connectivity index (χ1) is 23.6. The Kier molecular flexibility index (Phi) is 13.1. The second-order valence-electron chi connectivity index (χ2n) is 13.5. The highest BCUT2D eigenvalue weighted by Gasteiger charge is 2.46. The van der Waals surface area contributed by atoms with E-state index in [1.165, 1.54) is 26.2 Å². The molecule has 2 heterocycles. The lowest BCUT2D eigenvalue weighted by atomic mass is 9.81. The van der Waals surface area contributed by atoms with Crippen molar-refractivity contribution < 1.29 is 46.9 Å². The maximum absolute atomic E-state index is 14.1. The zero-order valence-electron chi connectivity index (χ0n) is 28.9. The van der Waals surface area contributed by atoms with Gasteiger partial charge in [-0.3, -0.25) is 10.1 Å². The number of ether oxygens (including phenoxy) is 4. The van der Waals surface area contributed by atoms with Gasteiger partial charge in [0, 0.05) is 13.0 Å². The minimum atomic E-state index is -4.38. The van der Waals surface area contributed by atoms with Gasteiger partial charge < -0.3 is 40.4 Å². The number of nitrogens with one attached hydrogen (secondary N) is 4. The van der Waals surface area contributed by atoms with Crippen LogP contribution in [0.4, 0.5) is 9.59 Å². The van der Waals surface area contributed by atoms with Crippen LogP contribution in [0.1, 0.15) is 51.2 Å². The van der Waals surface area contributed by atoms with Crippen molar-refractivity contribution in [3.63, 3.8) is 0 Å². The Hall–Kier alpha value is -3.96. The number of fused-ring (bicyclic) bond motifs is 1. The number of benzene rings is 2. The topological polar surface area (TPSA) is 217 Å². The monoisotopic (exact) mass is 719 g/mol. The molecule has 15 nitrogen and oxygen atoms in total. The van der Waals surface area contributed by atoms with E-state index in [1.807, 2.05) is 13.8 Å². The predicted octanol–water partition coefficient (Wildman–Crippen LogP) is 1.91. The number of carbonyl (C=O) groups is 3. The Balaban J connectivity index is 1.52. The molecule has 0 radical (unpaired) electrons. The van der Waals surface area contributed by atoms with Crippen LogP contribution in [-0.2, 0) is 41.9 Å². The molecule has 0 unspecified atom stereocenters. The van der Waals surface area contributed by atoms with Gasteiger partial charge in [-0.25, -0.2) is 18.0 Å². The number of sulfonamides is 1. The zero-order chi connectivity index (χ0) is 36.5. The lowest BCUT2D eigenvalue weighted by molar-refractivity contribution is -0.117. The van der Waals surface area contributed by atoms with Crippen molar-refractivity contribution >= 4 is 28.1 Å². The van der Waals surface area contributed by atoms with Crippen LogP contribution in [0.3, 0.4) is 0 Å². The lowest BCUT2D eigenvalue weighted by Crippen LogP contribution is -2.68. The van der Waals surface area contributed by atoms with Crippen molar-refractivity contribution in [3.8, 4) is 5.75 Å². The van der Waals surface area contributed by atoms with Gasteiger partial charge in [-0.2, -0.15) is 4.72 Å². The molecule has 0 spiro atoms. The number of aliphatic hydroxyl groups excluding tert-OH is 1. The molecular formula is C34H49N5O10S. The number of rotatable bonds is 17. The third-order valence-corrected chi connectivity index (χ3v) is 10.4. The van der Waals surface area contributed by atoms with Crippen LogP contribution in [0.5, 0.6) is 5.75 Å². The van der Waals surface area contributed by atoms with Crippen LogP contribution in [-0.4, -0.2) is 89.1 Å². The van der Waals surface area contributed by atoms with Crippen molar-refractivity contribution in [2.75, 3.05) is 33.4 Å². The van der Waals surface area contributed by atoms with E-state index in [1.54, 1.807) is 36.4 Å². The molecule has 5 atom stereocenters. The Labute approximate surface area is 293 Å². The van der Waals surface area contributed by atoms with Gasteiger partial charge in [-0.15, -0.1) is 0 Å². The molecule has 4 rings (SSSR count). The van der Waals surface area contributed by atoms with Crippen molar-refractivity contribution in [2.24, 2.45) is 17.1 Å². The highest BCUT2D eigenvalue weighted by Crippen LogP contribution is 2.35. The molecule has 4 amide bonds. The minimum Gasteiger partial charge on any atom is -0.496 e. The minimum absolute atomic E-state index is 0.0964. The molecule has 2 saturated heterocycles. The number of methoxy groups -OCH3 is 1. The first kappa shape index (κ1) is 38.8. The van der Waals surface area contributed by atoms with Crippen LogP contribution in [0, 0.1) is 11.3 Å². The number of amides is 4. The predicted molar refractivity (Wildman–Crippen MR) is 182 cm³/mol. The summed E-state index contributed by atoms with van der Waals surface area (Å²) in [6.45, 7) is 6.14. The molecule has 2 aliphatic rings. The molecule has 0 bridgehead atoms. The number of alkyl carbamates (subject to hydrolysis) is 1. The van der Waals surface area contributed by atoms with Crippen LogP contribution in [0.2, 0.25) is 0 Å². The molecular weight excluding hydrogens is 670 g/mol. The number of primary amides is 1. The normalized spacial score (nSPS) is 20.6. The van der Waals surface area contributed by atoms with Crippen LogP contribution in [0.15, 0.2) is 53.4 Å². The summed E-state index contributed by atoms with van der Waals surface area (Å²) in [5.74, 6) is -0.297. The molecule has 7 N–H and O–H groups in total. The van der Waals surface area contributed by atoms with E-state index in [4.69, 9.17) is 24.7 Å². The summed E-state index contributed by atoms with van der Waals surface area (Å²) in [4.78, 5) is 36.0. The summed E-state index contributed by atoms with van der Waals surface area (Å²) >= 11 is 0. The fraction of sp³-hybridized carbons (Fsp3) is 0.559. The van der Waals surface area contributed by atoms with Gasteiger partial charge in [-0.1, -0.05) is 44.2 Å². The number of hydrogen-bond donors (Lipinski definition) is 6. The summed E-state index contributed by atoms with van der Waals surface area (Å²) in [6, 6.07) is 12.9. The Morgan fingerprint density at radius 2 is 1.82 bits per heavy atom. The molecule has 0 aliphatic carbocycles. The van der Waals surface area contributed by atoms with Crippen LogP contribution < -0.4 is 31.1 Å². The van der Waals surface area contributed by atoms with Crippen molar-refractivity contribution in [2.45, 2.75) is 81.9 Å². The largest absolute Gasteiger partial charge is 0.496 e. The molecule has 276 valence electrons. The van der Waals surface area contributed by atoms with E-state index in [0.717, 1.165) is 0 Å². The molecule has 0 aromatic heterocycles. The summed E-state index contributed by atoms with van der Waals surface area (Å²) in [6.07, 6.45) is -1.11.